The molecule has 0 aliphatic carbocycles. The smallest absolute Gasteiger partial charge is 0.147 e. The second-order valence-corrected chi connectivity index (χ2v) is 5.79. The molecule has 2 heterocycles. The largest absolute Gasteiger partial charge is 0.362 e. The van der Waals surface area contributed by atoms with E-state index in [1.807, 2.05) is 38.2 Å². The van der Waals surface area contributed by atoms with Crippen LogP contribution in [-0.4, -0.2) is 35.3 Å². The normalized spacial score (nSPS) is 9.96. The van der Waals surface area contributed by atoms with E-state index in [2.05, 4.69) is 38.4 Å². The van der Waals surface area contributed by atoms with Gasteiger partial charge in [-0.1, -0.05) is 30.7 Å². The Kier molecular flexibility index (Phi) is 5.83. The molecule has 2 rings (SSSR count). The Morgan fingerprint density at radius 2 is 2.00 bits per heavy atom. The molecule has 0 amide bonds. The van der Waals surface area contributed by atoms with Gasteiger partial charge in [0.1, 0.15) is 12.1 Å². The third kappa shape index (κ3) is 4.14. The summed E-state index contributed by atoms with van der Waals surface area (Å²) >= 11 is 1.54. The minimum absolute atomic E-state index is 0.818. The van der Waals surface area contributed by atoms with Crippen LogP contribution in [-0.2, 0) is 6.42 Å². The predicted octanol–water partition coefficient (Wildman–Crippen LogP) is 2.90. The van der Waals surface area contributed by atoms with Crippen molar-refractivity contribution in [2.24, 2.45) is 0 Å². The van der Waals surface area contributed by atoms with Crippen LogP contribution in [0.2, 0.25) is 0 Å². The van der Waals surface area contributed by atoms with Crippen molar-refractivity contribution in [3.63, 3.8) is 0 Å². The summed E-state index contributed by atoms with van der Waals surface area (Å²) in [4.78, 5) is 15.0. The average Bonchev–Trinajstić information content (AvgIpc) is 2.55. The van der Waals surface area contributed by atoms with Crippen LogP contribution in [0.5, 0.6) is 0 Å². The third-order valence-electron chi connectivity index (χ3n) is 3.30. The Morgan fingerprint density at radius 3 is 2.65 bits per heavy atom. The topological polar surface area (TPSA) is 53.9 Å². The van der Waals surface area contributed by atoms with Gasteiger partial charge in [-0.3, -0.25) is 4.98 Å². The van der Waals surface area contributed by atoms with Gasteiger partial charge in [0.05, 0.1) is 22.6 Å². The number of anilines is 2. The van der Waals surface area contributed by atoms with E-state index < -0.39 is 0 Å². The van der Waals surface area contributed by atoms with Gasteiger partial charge in [-0.05, 0) is 19.4 Å². The summed E-state index contributed by atoms with van der Waals surface area (Å²) in [7, 11) is 3.92. The Bertz CT molecular complexity index is 746. The lowest BCUT2D eigenvalue weighted by atomic mass is 10.1. The molecule has 6 heteroatoms. The molecular weight excluding hydrogens is 306 g/mol. The van der Waals surface area contributed by atoms with Gasteiger partial charge < -0.3 is 9.62 Å². The SMILES string of the molecule is CCc1ncnc(N(C)C)c1C#Cc1cnc(C)c(NSC)c1. The fourth-order valence-corrected chi connectivity index (χ4v) is 2.52. The molecule has 0 spiro atoms. The fraction of sp³-hybridized carbons (Fsp3) is 0.353. The lowest BCUT2D eigenvalue weighted by Gasteiger charge is -2.14. The van der Waals surface area contributed by atoms with Gasteiger partial charge in [0.2, 0.25) is 0 Å². The molecule has 0 aliphatic heterocycles. The van der Waals surface area contributed by atoms with Crippen LogP contribution in [0.25, 0.3) is 0 Å². The maximum absolute atomic E-state index is 4.39. The zero-order valence-electron chi connectivity index (χ0n) is 14.1. The standard InChI is InChI=1S/C17H21N5S/c1-6-15-14(17(22(3)4)20-11-19-15)8-7-13-9-16(21-23-5)12(2)18-10-13/h9-11,21H,6H2,1-5H3. The highest BCUT2D eigenvalue weighted by Gasteiger charge is 2.09. The van der Waals surface area contributed by atoms with Crippen molar-refractivity contribution in [2.45, 2.75) is 20.3 Å². The van der Waals surface area contributed by atoms with Gasteiger partial charge in [-0.25, -0.2) is 9.97 Å². The van der Waals surface area contributed by atoms with E-state index in [0.717, 1.165) is 40.4 Å². The van der Waals surface area contributed by atoms with Crippen LogP contribution in [0.1, 0.15) is 29.4 Å². The Balaban J connectivity index is 2.44. The maximum atomic E-state index is 4.39. The molecule has 0 aromatic carbocycles. The first-order chi connectivity index (χ1) is 11.1. The second kappa shape index (κ2) is 7.84. The van der Waals surface area contributed by atoms with Gasteiger partial charge in [0, 0.05) is 32.1 Å². The summed E-state index contributed by atoms with van der Waals surface area (Å²) in [6.45, 7) is 4.04. The van der Waals surface area contributed by atoms with Crippen LogP contribution in [0, 0.1) is 18.8 Å². The number of aryl methyl sites for hydroxylation is 2. The molecule has 0 atom stereocenters. The number of nitrogens with one attached hydrogen (secondary N) is 1. The molecule has 0 saturated carbocycles. The number of rotatable bonds is 4. The molecule has 120 valence electrons. The zero-order valence-corrected chi connectivity index (χ0v) is 15.0. The summed E-state index contributed by atoms with van der Waals surface area (Å²) in [5.41, 5.74) is 4.63. The Hall–Kier alpha value is -2.26. The van der Waals surface area contributed by atoms with E-state index in [0.29, 0.717) is 0 Å². The number of nitrogens with zero attached hydrogens (tertiary/aromatic N) is 4. The molecule has 0 saturated heterocycles. The third-order valence-corrected chi connectivity index (χ3v) is 3.72. The number of aromatic nitrogens is 3. The van der Waals surface area contributed by atoms with Crippen molar-refractivity contribution < 1.29 is 0 Å². The number of hydrogen-bond donors (Lipinski definition) is 1. The minimum Gasteiger partial charge on any atom is -0.362 e. The summed E-state index contributed by atoms with van der Waals surface area (Å²) in [6, 6.07) is 2.01. The van der Waals surface area contributed by atoms with E-state index in [4.69, 9.17) is 0 Å². The molecule has 5 nitrogen and oxygen atoms in total. The molecule has 0 unspecified atom stereocenters. The molecule has 2 aromatic heterocycles. The van der Waals surface area contributed by atoms with Crippen LogP contribution >= 0.6 is 11.9 Å². The quantitative estimate of drug-likeness (QED) is 0.688. The molecule has 2 aromatic rings. The van der Waals surface area contributed by atoms with Crippen molar-refractivity contribution >= 4 is 23.5 Å². The van der Waals surface area contributed by atoms with Crippen LogP contribution in [0.4, 0.5) is 11.5 Å². The highest BCUT2D eigenvalue weighted by molar-refractivity contribution is 7.99. The van der Waals surface area contributed by atoms with E-state index in [1.54, 1.807) is 12.5 Å². The van der Waals surface area contributed by atoms with Gasteiger partial charge in [0.25, 0.3) is 0 Å². The number of hydrogen-bond acceptors (Lipinski definition) is 6. The lowest BCUT2D eigenvalue weighted by Crippen LogP contribution is -2.14. The van der Waals surface area contributed by atoms with Crippen LogP contribution < -0.4 is 9.62 Å². The Labute approximate surface area is 142 Å². The molecular formula is C17H21N5S. The van der Waals surface area contributed by atoms with Crippen molar-refractivity contribution in [3.05, 3.63) is 41.1 Å². The second-order valence-electron chi connectivity index (χ2n) is 5.18. The van der Waals surface area contributed by atoms with Crippen molar-refractivity contribution in [3.8, 4) is 11.8 Å². The van der Waals surface area contributed by atoms with E-state index >= 15 is 0 Å². The molecule has 0 aliphatic rings. The number of pyridine rings is 1. The van der Waals surface area contributed by atoms with Gasteiger partial charge in [0.15, 0.2) is 0 Å². The van der Waals surface area contributed by atoms with Gasteiger partial charge >= 0.3 is 0 Å². The lowest BCUT2D eigenvalue weighted by molar-refractivity contribution is 0.956. The monoisotopic (exact) mass is 327 g/mol. The maximum Gasteiger partial charge on any atom is 0.147 e. The fourth-order valence-electron chi connectivity index (χ4n) is 2.10. The summed E-state index contributed by atoms with van der Waals surface area (Å²) < 4.78 is 3.22. The Morgan fingerprint density at radius 1 is 1.22 bits per heavy atom. The van der Waals surface area contributed by atoms with E-state index in [9.17, 15) is 0 Å². The van der Waals surface area contributed by atoms with Gasteiger partial charge in [-0.2, -0.15) is 0 Å². The average molecular weight is 327 g/mol. The molecule has 0 bridgehead atoms. The first-order valence-corrected chi connectivity index (χ1v) is 8.58. The highest BCUT2D eigenvalue weighted by Crippen LogP contribution is 2.19. The summed E-state index contributed by atoms with van der Waals surface area (Å²) in [6.07, 6.45) is 6.18. The van der Waals surface area contributed by atoms with Gasteiger partial charge in [-0.15, -0.1) is 0 Å². The summed E-state index contributed by atoms with van der Waals surface area (Å²) in [5, 5.41) is 0. The van der Waals surface area contributed by atoms with Crippen LogP contribution in [0.15, 0.2) is 18.6 Å². The summed E-state index contributed by atoms with van der Waals surface area (Å²) in [5.74, 6) is 7.26. The minimum atomic E-state index is 0.818. The van der Waals surface area contributed by atoms with E-state index in [1.165, 1.54) is 11.9 Å². The predicted molar refractivity (Wildman–Crippen MR) is 97.8 cm³/mol. The molecule has 0 radical (unpaired) electrons. The van der Waals surface area contributed by atoms with Crippen molar-refractivity contribution in [1.82, 2.24) is 15.0 Å². The molecule has 23 heavy (non-hydrogen) atoms. The van der Waals surface area contributed by atoms with Crippen molar-refractivity contribution in [1.29, 1.82) is 0 Å². The molecule has 0 fully saturated rings. The molecule has 1 N–H and O–H groups in total. The van der Waals surface area contributed by atoms with Crippen molar-refractivity contribution in [2.75, 3.05) is 30.0 Å². The zero-order chi connectivity index (χ0) is 16.8. The first kappa shape index (κ1) is 17.1. The highest BCUT2D eigenvalue weighted by atomic mass is 32.2. The van der Waals surface area contributed by atoms with Crippen LogP contribution in [0.3, 0.4) is 0 Å². The first-order valence-electron chi connectivity index (χ1n) is 7.35. The van der Waals surface area contributed by atoms with E-state index in [-0.39, 0.29) is 0 Å².